The van der Waals surface area contributed by atoms with Gasteiger partial charge in [-0.05, 0) is 6.42 Å². The van der Waals surface area contributed by atoms with Gasteiger partial charge in [-0.25, -0.2) is 0 Å². The third-order valence-corrected chi connectivity index (χ3v) is 3.63. The molecule has 1 fully saturated rings. The van der Waals surface area contributed by atoms with E-state index in [1.807, 2.05) is 0 Å². The standard InChI is InChI=1S/C13H19NO6/c15-8-6-13(19)7-9(11(8)17)20-10(16)4-2-1-3-5-14-12(13)18/h1,3,8-9,11,15,17,19H,2,4-7H2,(H,14,18)/b3-1-/t8-,9-,11-,13+/m1/s1. The van der Waals surface area contributed by atoms with Crippen LogP contribution < -0.4 is 5.32 Å². The Bertz CT molecular complexity index is 423. The van der Waals surface area contributed by atoms with Crippen LogP contribution in [0.3, 0.4) is 0 Å². The Morgan fingerprint density at radius 1 is 1.25 bits per heavy atom. The molecule has 4 N–H and O–H groups in total. The summed E-state index contributed by atoms with van der Waals surface area (Å²) in [6.07, 6.45) is -0.223. The minimum atomic E-state index is -1.85. The lowest BCUT2D eigenvalue weighted by molar-refractivity contribution is -0.189. The molecule has 1 amide bonds. The highest BCUT2D eigenvalue weighted by molar-refractivity contribution is 5.85. The predicted molar refractivity (Wildman–Crippen MR) is 67.5 cm³/mol. The smallest absolute Gasteiger partial charge is 0.306 e. The molecule has 0 aromatic heterocycles. The molecule has 2 bridgehead atoms. The number of carbonyl (C=O) groups excluding carboxylic acids is 2. The summed E-state index contributed by atoms with van der Waals surface area (Å²) in [6, 6.07) is 0. The molecule has 2 aliphatic rings. The van der Waals surface area contributed by atoms with Crippen LogP contribution in [0.5, 0.6) is 0 Å². The maximum atomic E-state index is 12.0. The van der Waals surface area contributed by atoms with Gasteiger partial charge in [0.1, 0.15) is 17.8 Å². The minimum absolute atomic E-state index is 0.141. The van der Waals surface area contributed by atoms with Crippen LogP contribution in [-0.2, 0) is 14.3 Å². The number of esters is 1. The Morgan fingerprint density at radius 3 is 2.75 bits per heavy atom. The summed E-state index contributed by atoms with van der Waals surface area (Å²) in [7, 11) is 0. The molecular weight excluding hydrogens is 266 g/mol. The van der Waals surface area contributed by atoms with Crippen molar-refractivity contribution in [2.45, 2.75) is 49.6 Å². The van der Waals surface area contributed by atoms with E-state index in [4.69, 9.17) is 4.74 Å². The largest absolute Gasteiger partial charge is 0.459 e. The lowest BCUT2D eigenvalue weighted by atomic mass is 9.79. The second kappa shape index (κ2) is 5.90. The number of fused-ring (bicyclic) bond motifs is 2. The van der Waals surface area contributed by atoms with Crippen LogP contribution in [0.25, 0.3) is 0 Å². The van der Waals surface area contributed by atoms with Crippen LogP contribution in [-0.4, -0.2) is 57.7 Å². The number of hydrogen-bond donors (Lipinski definition) is 4. The highest BCUT2D eigenvalue weighted by Gasteiger charge is 2.50. The Hall–Kier alpha value is -1.44. The summed E-state index contributed by atoms with van der Waals surface area (Å²) in [6.45, 7) is 0.236. The Labute approximate surface area is 116 Å². The first-order valence-electron chi connectivity index (χ1n) is 6.64. The number of aliphatic hydroxyl groups excluding tert-OH is 2. The van der Waals surface area contributed by atoms with Crippen molar-refractivity contribution in [2.24, 2.45) is 0 Å². The highest BCUT2D eigenvalue weighted by atomic mass is 16.6. The zero-order chi connectivity index (χ0) is 14.8. The number of hydrogen-bond acceptors (Lipinski definition) is 6. The van der Waals surface area contributed by atoms with E-state index < -0.39 is 35.8 Å². The van der Waals surface area contributed by atoms with E-state index in [2.05, 4.69) is 5.32 Å². The van der Waals surface area contributed by atoms with Crippen molar-refractivity contribution in [3.05, 3.63) is 12.2 Å². The maximum absolute atomic E-state index is 12.0. The predicted octanol–water partition coefficient (Wildman–Crippen LogP) is -1.39. The van der Waals surface area contributed by atoms with Crippen LogP contribution in [0.15, 0.2) is 12.2 Å². The number of carbonyl (C=O) groups is 2. The molecule has 0 aromatic rings. The number of ether oxygens (including phenoxy) is 1. The zero-order valence-electron chi connectivity index (χ0n) is 11.0. The van der Waals surface area contributed by atoms with Gasteiger partial charge in [0.2, 0.25) is 0 Å². The molecule has 1 saturated carbocycles. The van der Waals surface area contributed by atoms with Crippen LogP contribution in [0.2, 0.25) is 0 Å². The molecule has 2 rings (SSSR count). The maximum Gasteiger partial charge on any atom is 0.306 e. The van der Waals surface area contributed by atoms with Gasteiger partial charge in [0.15, 0.2) is 0 Å². The summed E-state index contributed by atoms with van der Waals surface area (Å²) < 4.78 is 5.07. The lowest BCUT2D eigenvalue weighted by Crippen LogP contribution is -2.59. The van der Waals surface area contributed by atoms with Gasteiger partial charge in [-0.3, -0.25) is 9.59 Å². The van der Waals surface area contributed by atoms with Crippen molar-refractivity contribution < 1.29 is 29.6 Å². The normalized spacial score (nSPS) is 40.9. The minimum Gasteiger partial charge on any atom is -0.459 e. The number of nitrogens with one attached hydrogen (secondary N) is 1. The fourth-order valence-electron chi connectivity index (χ4n) is 2.49. The fourth-order valence-corrected chi connectivity index (χ4v) is 2.49. The van der Waals surface area contributed by atoms with Gasteiger partial charge in [0.05, 0.1) is 6.10 Å². The van der Waals surface area contributed by atoms with E-state index >= 15 is 0 Å². The molecule has 1 aliphatic carbocycles. The second-order valence-corrected chi connectivity index (χ2v) is 5.25. The van der Waals surface area contributed by atoms with Gasteiger partial charge in [-0.15, -0.1) is 0 Å². The van der Waals surface area contributed by atoms with Crippen LogP contribution in [0, 0.1) is 0 Å². The van der Waals surface area contributed by atoms with Gasteiger partial charge in [-0.1, -0.05) is 12.2 Å². The highest BCUT2D eigenvalue weighted by Crippen LogP contribution is 2.31. The first-order valence-corrected chi connectivity index (χ1v) is 6.64. The van der Waals surface area contributed by atoms with Gasteiger partial charge in [-0.2, -0.15) is 0 Å². The lowest BCUT2D eigenvalue weighted by Gasteiger charge is -2.40. The molecule has 0 unspecified atom stereocenters. The molecule has 20 heavy (non-hydrogen) atoms. The van der Waals surface area contributed by atoms with Crippen molar-refractivity contribution in [3.8, 4) is 0 Å². The van der Waals surface area contributed by atoms with Crippen molar-refractivity contribution in [1.29, 1.82) is 0 Å². The molecule has 7 nitrogen and oxygen atoms in total. The van der Waals surface area contributed by atoms with Gasteiger partial charge in [0, 0.05) is 25.8 Å². The van der Waals surface area contributed by atoms with Crippen molar-refractivity contribution in [2.75, 3.05) is 6.54 Å². The molecule has 112 valence electrons. The quantitative estimate of drug-likeness (QED) is 0.322. The molecule has 7 heteroatoms. The molecular formula is C13H19NO6. The number of rotatable bonds is 0. The molecule has 1 heterocycles. The summed E-state index contributed by atoms with van der Waals surface area (Å²) >= 11 is 0. The van der Waals surface area contributed by atoms with Crippen LogP contribution >= 0.6 is 0 Å². The molecule has 0 saturated heterocycles. The van der Waals surface area contributed by atoms with Gasteiger partial charge in [0.25, 0.3) is 5.91 Å². The average Bonchev–Trinajstić information content (AvgIpc) is 2.38. The van der Waals surface area contributed by atoms with Crippen LogP contribution in [0.4, 0.5) is 0 Å². The second-order valence-electron chi connectivity index (χ2n) is 5.25. The summed E-state index contributed by atoms with van der Waals surface area (Å²) in [5.74, 6) is -1.18. The molecule has 1 aliphatic heterocycles. The zero-order valence-corrected chi connectivity index (χ0v) is 11.0. The Morgan fingerprint density at radius 2 is 2.00 bits per heavy atom. The van der Waals surface area contributed by atoms with Crippen molar-refractivity contribution in [3.63, 3.8) is 0 Å². The van der Waals surface area contributed by atoms with E-state index in [1.165, 1.54) is 0 Å². The average molecular weight is 285 g/mol. The van der Waals surface area contributed by atoms with Crippen molar-refractivity contribution >= 4 is 11.9 Å². The van der Waals surface area contributed by atoms with E-state index in [1.54, 1.807) is 12.2 Å². The fraction of sp³-hybridized carbons (Fsp3) is 0.692. The molecule has 0 spiro atoms. The van der Waals surface area contributed by atoms with Gasteiger partial charge >= 0.3 is 5.97 Å². The Kier molecular flexibility index (Phi) is 4.42. The van der Waals surface area contributed by atoms with Crippen LogP contribution in [0.1, 0.15) is 25.7 Å². The number of allylic oxidation sites excluding steroid dienone is 1. The molecule has 0 radical (unpaired) electrons. The van der Waals surface area contributed by atoms with Gasteiger partial charge < -0.3 is 25.4 Å². The topological polar surface area (TPSA) is 116 Å². The van der Waals surface area contributed by atoms with E-state index in [-0.39, 0.29) is 25.8 Å². The first-order chi connectivity index (χ1) is 9.42. The third kappa shape index (κ3) is 3.17. The summed E-state index contributed by atoms with van der Waals surface area (Å²) in [5, 5.41) is 32.5. The van der Waals surface area contributed by atoms with Crippen molar-refractivity contribution in [1.82, 2.24) is 5.32 Å². The SMILES string of the molecule is O=C1CC/C=C\CNC(=O)[C@]2(O)C[C@@H](O)[C@@H](O)[C@@H](C2)O1. The molecule has 4 atom stereocenters. The Balaban J connectivity index is 2.23. The monoisotopic (exact) mass is 285 g/mol. The first kappa shape index (κ1) is 15.0. The van der Waals surface area contributed by atoms with E-state index in [9.17, 15) is 24.9 Å². The summed E-state index contributed by atoms with van der Waals surface area (Å²) in [5.41, 5.74) is -1.85. The summed E-state index contributed by atoms with van der Waals surface area (Å²) in [4.78, 5) is 23.6. The number of aliphatic hydroxyl groups is 3. The number of amides is 1. The molecule has 0 aromatic carbocycles. The van der Waals surface area contributed by atoms with E-state index in [0.29, 0.717) is 6.42 Å². The van der Waals surface area contributed by atoms with E-state index in [0.717, 1.165) is 0 Å². The third-order valence-electron chi connectivity index (χ3n) is 3.63.